The molecule has 20 heavy (non-hydrogen) atoms. The van der Waals surface area contributed by atoms with Crippen LogP contribution >= 0.6 is 0 Å². The van der Waals surface area contributed by atoms with Crippen molar-refractivity contribution in [3.63, 3.8) is 0 Å². The van der Waals surface area contributed by atoms with Crippen molar-refractivity contribution in [1.29, 1.82) is 0 Å². The van der Waals surface area contributed by atoms with Crippen LogP contribution in [0.15, 0.2) is 52.9 Å². The Labute approximate surface area is 117 Å². The Morgan fingerprint density at radius 3 is 2.55 bits per heavy atom. The molecule has 100 valence electrons. The number of fused-ring (bicyclic) bond motifs is 1. The molecule has 0 amide bonds. The highest BCUT2D eigenvalue weighted by atomic mass is 16.5. The fourth-order valence-electron chi connectivity index (χ4n) is 2.04. The molecule has 0 fully saturated rings. The third-order valence-electron chi connectivity index (χ3n) is 3.12. The van der Waals surface area contributed by atoms with Gasteiger partial charge in [-0.25, -0.2) is 0 Å². The van der Waals surface area contributed by atoms with Gasteiger partial charge >= 0.3 is 0 Å². The van der Waals surface area contributed by atoms with E-state index in [1.807, 2.05) is 60.7 Å². The summed E-state index contributed by atoms with van der Waals surface area (Å²) in [5.41, 5.74) is 8.35. The van der Waals surface area contributed by atoms with Crippen LogP contribution in [0.2, 0.25) is 0 Å². The minimum Gasteiger partial charge on any atom is -0.497 e. The van der Waals surface area contributed by atoms with Crippen molar-refractivity contribution in [1.82, 2.24) is 0 Å². The maximum atomic E-state index is 5.75. The van der Waals surface area contributed by atoms with Crippen molar-refractivity contribution in [2.24, 2.45) is 0 Å². The zero-order valence-corrected chi connectivity index (χ0v) is 11.2. The van der Waals surface area contributed by atoms with Gasteiger partial charge in [-0.15, -0.1) is 0 Å². The van der Waals surface area contributed by atoms with Gasteiger partial charge in [0.2, 0.25) is 0 Å². The van der Waals surface area contributed by atoms with Gasteiger partial charge in [0.1, 0.15) is 17.1 Å². The third-order valence-corrected chi connectivity index (χ3v) is 3.12. The van der Waals surface area contributed by atoms with E-state index in [1.54, 1.807) is 7.11 Å². The van der Waals surface area contributed by atoms with Crippen LogP contribution in [-0.4, -0.2) is 7.11 Å². The molecule has 3 nitrogen and oxygen atoms in total. The molecule has 0 aliphatic rings. The van der Waals surface area contributed by atoms with Crippen LogP contribution < -0.4 is 10.5 Å². The molecule has 0 aliphatic heterocycles. The highest BCUT2D eigenvalue weighted by molar-refractivity contribution is 5.83. The van der Waals surface area contributed by atoms with Crippen molar-refractivity contribution in [2.75, 3.05) is 12.8 Å². The van der Waals surface area contributed by atoms with Crippen LogP contribution in [0.3, 0.4) is 0 Å². The Kier molecular flexibility index (Phi) is 3.17. The van der Waals surface area contributed by atoms with Gasteiger partial charge in [-0.3, -0.25) is 0 Å². The van der Waals surface area contributed by atoms with Gasteiger partial charge in [0, 0.05) is 11.1 Å². The first-order valence-electron chi connectivity index (χ1n) is 6.36. The van der Waals surface area contributed by atoms with E-state index < -0.39 is 0 Å². The number of furan rings is 1. The van der Waals surface area contributed by atoms with Gasteiger partial charge in [0.15, 0.2) is 0 Å². The Morgan fingerprint density at radius 1 is 1.00 bits per heavy atom. The number of hydrogen-bond donors (Lipinski definition) is 1. The van der Waals surface area contributed by atoms with E-state index >= 15 is 0 Å². The van der Waals surface area contributed by atoms with Crippen LogP contribution in [-0.2, 0) is 0 Å². The molecule has 3 aromatic rings. The summed E-state index contributed by atoms with van der Waals surface area (Å²) in [6.45, 7) is 0. The van der Waals surface area contributed by atoms with E-state index in [0.29, 0.717) is 0 Å². The van der Waals surface area contributed by atoms with Gasteiger partial charge < -0.3 is 14.9 Å². The highest BCUT2D eigenvalue weighted by Gasteiger charge is 2.02. The number of nitrogens with two attached hydrogens (primary N) is 1. The second-order valence-corrected chi connectivity index (χ2v) is 4.55. The molecule has 0 saturated heterocycles. The van der Waals surface area contributed by atoms with Gasteiger partial charge in [0.05, 0.1) is 7.11 Å². The SMILES string of the molecule is COc1ccc2oc(C=Cc3ccc(N)cc3)cc2c1. The number of hydrogen-bond acceptors (Lipinski definition) is 3. The third kappa shape index (κ3) is 2.52. The molecule has 3 rings (SSSR count). The summed E-state index contributed by atoms with van der Waals surface area (Å²) >= 11 is 0. The van der Waals surface area contributed by atoms with Crippen molar-refractivity contribution >= 4 is 28.8 Å². The summed E-state index contributed by atoms with van der Waals surface area (Å²) in [6, 6.07) is 15.4. The Bertz CT molecular complexity index is 754. The molecule has 0 unspecified atom stereocenters. The number of methoxy groups -OCH3 is 1. The average molecular weight is 265 g/mol. The molecular weight excluding hydrogens is 250 g/mol. The first-order valence-corrected chi connectivity index (χ1v) is 6.36. The molecule has 0 radical (unpaired) electrons. The molecule has 1 aromatic heterocycles. The van der Waals surface area contributed by atoms with Crippen molar-refractivity contribution in [2.45, 2.75) is 0 Å². The second-order valence-electron chi connectivity index (χ2n) is 4.55. The smallest absolute Gasteiger partial charge is 0.135 e. The average Bonchev–Trinajstić information content (AvgIpc) is 2.88. The van der Waals surface area contributed by atoms with E-state index in [2.05, 4.69) is 0 Å². The molecule has 0 saturated carbocycles. The molecule has 0 spiro atoms. The van der Waals surface area contributed by atoms with E-state index in [9.17, 15) is 0 Å². The first kappa shape index (κ1) is 12.4. The van der Waals surface area contributed by atoms with E-state index in [4.69, 9.17) is 14.9 Å². The number of ether oxygens (including phenoxy) is 1. The molecule has 3 heteroatoms. The number of nitrogen functional groups attached to an aromatic ring is 1. The quantitative estimate of drug-likeness (QED) is 0.722. The Hall–Kier alpha value is -2.68. The number of benzene rings is 2. The van der Waals surface area contributed by atoms with Crippen LogP contribution in [0.25, 0.3) is 23.1 Å². The lowest BCUT2D eigenvalue weighted by Gasteiger charge is -1.96. The van der Waals surface area contributed by atoms with Gasteiger partial charge in [0.25, 0.3) is 0 Å². The molecule has 0 aliphatic carbocycles. The summed E-state index contributed by atoms with van der Waals surface area (Å²) in [7, 11) is 1.66. The molecule has 2 N–H and O–H groups in total. The largest absolute Gasteiger partial charge is 0.497 e. The first-order chi connectivity index (χ1) is 9.74. The van der Waals surface area contributed by atoms with E-state index in [-0.39, 0.29) is 0 Å². The summed E-state index contributed by atoms with van der Waals surface area (Å²) in [6.07, 6.45) is 3.94. The topological polar surface area (TPSA) is 48.4 Å². The monoisotopic (exact) mass is 265 g/mol. The maximum Gasteiger partial charge on any atom is 0.135 e. The molecule has 2 aromatic carbocycles. The standard InChI is InChI=1S/C17H15NO2/c1-19-15-8-9-17-13(10-15)11-16(20-17)7-4-12-2-5-14(18)6-3-12/h2-11H,18H2,1H3. The zero-order valence-electron chi connectivity index (χ0n) is 11.2. The Balaban J connectivity index is 1.88. The fraction of sp³-hybridized carbons (Fsp3) is 0.0588. The second kappa shape index (κ2) is 5.13. The summed E-state index contributed by atoms with van der Waals surface area (Å²) in [5, 5.41) is 1.03. The van der Waals surface area contributed by atoms with Crippen LogP contribution in [0.5, 0.6) is 5.75 Å². The maximum absolute atomic E-state index is 5.75. The van der Waals surface area contributed by atoms with Crippen LogP contribution in [0.4, 0.5) is 5.69 Å². The predicted octanol–water partition coefficient (Wildman–Crippen LogP) is 4.19. The summed E-state index contributed by atoms with van der Waals surface area (Å²) < 4.78 is 10.9. The highest BCUT2D eigenvalue weighted by Crippen LogP contribution is 2.25. The van der Waals surface area contributed by atoms with E-state index in [1.165, 1.54) is 0 Å². The molecular formula is C17H15NO2. The Morgan fingerprint density at radius 2 is 1.80 bits per heavy atom. The van der Waals surface area contributed by atoms with Gasteiger partial charge in [-0.2, -0.15) is 0 Å². The summed E-state index contributed by atoms with van der Waals surface area (Å²) in [4.78, 5) is 0. The van der Waals surface area contributed by atoms with Crippen LogP contribution in [0.1, 0.15) is 11.3 Å². The van der Waals surface area contributed by atoms with Crippen LogP contribution in [0, 0.1) is 0 Å². The summed E-state index contributed by atoms with van der Waals surface area (Å²) in [5.74, 6) is 1.64. The minimum absolute atomic E-state index is 0.762. The number of anilines is 1. The zero-order chi connectivity index (χ0) is 13.9. The van der Waals surface area contributed by atoms with Crippen molar-refractivity contribution < 1.29 is 9.15 Å². The minimum atomic E-state index is 0.762. The van der Waals surface area contributed by atoms with Gasteiger partial charge in [-0.05, 0) is 48.0 Å². The lowest BCUT2D eigenvalue weighted by molar-refractivity contribution is 0.415. The van der Waals surface area contributed by atoms with E-state index in [0.717, 1.165) is 33.7 Å². The lowest BCUT2D eigenvalue weighted by atomic mass is 10.2. The normalized spacial score (nSPS) is 11.2. The van der Waals surface area contributed by atoms with Crippen molar-refractivity contribution in [3.05, 3.63) is 59.9 Å². The molecule has 0 atom stereocenters. The predicted molar refractivity (Wildman–Crippen MR) is 82.5 cm³/mol. The molecule has 1 heterocycles. The van der Waals surface area contributed by atoms with Crippen molar-refractivity contribution in [3.8, 4) is 5.75 Å². The molecule has 0 bridgehead atoms. The fourth-order valence-corrected chi connectivity index (χ4v) is 2.04. The van der Waals surface area contributed by atoms with Gasteiger partial charge in [-0.1, -0.05) is 18.2 Å². The lowest BCUT2D eigenvalue weighted by Crippen LogP contribution is -1.82. The number of rotatable bonds is 3.